The predicted molar refractivity (Wildman–Crippen MR) is 101 cm³/mol. The third-order valence-electron chi connectivity index (χ3n) is 3.56. The molecule has 0 radical (unpaired) electrons. The van der Waals surface area contributed by atoms with Crippen LogP contribution in [-0.2, 0) is 13.0 Å². The Morgan fingerprint density at radius 1 is 1.29 bits per heavy atom. The van der Waals surface area contributed by atoms with Gasteiger partial charge in [0, 0.05) is 24.9 Å². The number of aryl methyl sites for hydroxylation is 2. The molecule has 1 heterocycles. The molecule has 0 saturated heterocycles. The summed E-state index contributed by atoms with van der Waals surface area (Å²) < 4.78 is 5.30. The van der Waals surface area contributed by atoms with Crippen molar-refractivity contribution in [1.29, 1.82) is 0 Å². The first-order valence-corrected chi connectivity index (χ1v) is 9.07. The molecule has 2 aromatic rings. The van der Waals surface area contributed by atoms with Crippen molar-refractivity contribution in [2.45, 2.75) is 33.7 Å². The molecule has 0 atom stereocenters. The number of hydrogen-bond donors (Lipinski definition) is 2. The van der Waals surface area contributed by atoms with Crippen LogP contribution in [0.4, 0.5) is 0 Å². The van der Waals surface area contributed by atoms with Crippen LogP contribution >= 0.6 is 11.3 Å². The SMILES string of the molecule is CCNC(=NCc1ccc(OC)c(C)c1)NCCc1csc(C)n1. The zero-order chi connectivity index (χ0) is 17.4. The fraction of sp³-hybridized carbons (Fsp3) is 0.444. The summed E-state index contributed by atoms with van der Waals surface area (Å²) in [5.74, 6) is 1.74. The van der Waals surface area contributed by atoms with Crippen molar-refractivity contribution in [2.75, 3.05) is 20.2 Å². The minimum absolute atomic E-state index is 0.635. The number of rotatable bonds is 7. The number of benzene rings is 1. The van der Waals surface area contributed by atoms with Gasteiger partial charge in [0.25, 0.3) is 0 Å². The number of nitrogens with one attached hydrogen (secondary N) is 2. The molecule has 6 heteroatoms. The Hall–Kier alpha value is -2.08. The smallest absolute Gasteiger partial charge is 0.191 e. The van der Waals surface area contributed by atoms with E-state index in [0.29, 0.717) is 6.54 Å². The zero-order valence-electron chi connectivity index (χ0n) is 14.8. The minimum Gasteiger partial charge on any atom is -0.496 e. The first kappa shape index (κ1) is 18.3. The quantitative estimate of drug-likeness (QED) is 0.597. The van der Waals surface area contributed by atoms with Crippen LogP contribution in [0.15, 0.2) is 28.6 Å². The summed E-state index contributed by atoms with van der Waals surface area (Å²) in [5, 5.41) is 9.87. The van der Waals surface area contributed by atoms with Crippen LogP contribution in [0.25, 0.3) is 0 Å². The molecule has 0 unspecified atom stereocenters. The Balaban J connectivity index is 1.91. The number of ether oxygens (including phenoxy) is 1. The van der Waals surface area contributed by atoms with Crippen molar-refractivity contribution in [3.8, 4) is 5.75 Å². The average Bonchev–Trinajstić information content (AvgIpc) is 2.98. The maximum absolute atomic E-state index is 5.30. The van der Waals surface area contributed by atoms with E-state index in [4.69, 9.17) is 4.74 Å². The Kier molecular flexibility index (Phi) is 7.06. The number of aliphatic imine (C=N–C) groups is 1. The summed E-state index contributed by atoms with van der Waals surface area (Å²) in [6.07, 6.45) is 0.899. The van der Waals surface area contributed by atoms with E-state index in [1.54, 1.807) is 18.4 Å². The first-order valence-electron chi connectivity index (χ1n) is 8.19. The standard InChI is InChI=1S/C18H26N4OS/c1-5-19-18(20-9-8-16-12-24-14(3)22-16)21-11-15-6-7-17(23-4)13(2)10-15/h6-7,10,12H,5,8-9,11H2,1-4H3,(H2,19,20,21). The highest BCUT2D eigenvalue weighted by atomic mass is 32.1. The van der Waals surface area contributed by atoms with Crippen molar-refractivity contribution in [1.82, 2.24) is 15.6 Å². The van der Waals surface area contributed by atoms with Crippen LogP contribution in [0.3, 0.4) is 0 Å². The second-order valence-corrected chi connectivity index (χ2v) is 6.60. The van der Waals surface area contributed by atoms with Gasteiger partial charge in [-0.25, -0.2) is 9.98 Å². The maximum Gasteiger partial charge on any atom is 0.191 e. The lowest BCUT2D eigenvalue weighted by molar-refractivity contribution is 0.411. The molecule has 2 N–H and O–H groups in total. The summed E-state index contributed by atoms with van der Waals surface area (Å²) in [4.78, 5) is 9.13. The predicted octanol–water partition coefficient (Wildman–Crippen LogP) is 3.07. The molecule has 2 rings (SSSR count). The van der Waals surface area contributed by atoms with E-state index in [-0.39, 0.29) is 0 Å². The summed E-state index contributed by atoms with van der Waals surface area (Å²) in [6, 6.07) is 6.16. The van der Waals surface area contributed by atoms with Gasteiger partial charge in [-0.3, -0.25) is 0 Å². The number of nitrogens with zero attached hydrogens (tertiary/aromatic N) is 2. The summed E-state index contributed by atoms with van der Waals surface area (Å²) in [7, 11) is 1.69. The molecular formula is C18H26N4OS. The summed E-state index contributed by atoms with van der Waals surface area (Å²) >= 11 is 1.69. The molecule has 0 aliphatic rings. The number of hydrogen-bond acceptors (Lipinski definition) is 4. The van der Waals surface area contributed by atoms with Gasteiger partial charge in [0.2, 0.25) is 0 Å². The maximum atomic E-state index is 5.30. The number of guanidine groups is 1. The van der Waals surface area contributed by atoms with E-state index in [1.807, 2.05) is 19.9 Å². The molecule has 0 aliphatic heterocycles. The molecule has 1 aromatic heterocycles. The summed E-state index contributed by atoms with van der Waals surface area (Å²) in [6.45, 7) is 8.43. The van der Waals surface area contributed by atoms with E-state index < -0.39 is 0 Å². The molecule has 0 amide bonds. The molecule has 24 heavy (non-hydrogen) atoms. The number of aromatic nitrogens is 1. The van der Waals surface area contributed by atoms with Gasteiger partial charge in [-0.15, -0.1) is 11.3 Å². The van der Waals surface area contributed by atoms with Gasteiger partial charge in [-0.2, -0.15) is 0 Å². The van der Waals surface area contributed by atoms with E-state index >= 15 is 0 Å². The van der Waals surface area contributed by atoms with E-state index in [1.165, 1.54) is 5.56 Å². The number of methoxy groups -OCH3 is 1. The van der Waals surface area contributed by atoms with Gasteiger partial charge in [-0.1, -0.05) is 12.1 Å². The van der Waals surface area contributed by atoms with Crippen LogP contribution in [0.1, 0.15) is 28.8 Å². The average molecular weight is 347 g/mol. The molecule has 0 bridgehead atoms. The van der Waals surface area contributed by atoms with E-state index in [0.717, 1.165) is 47.5 Å². The zero-order valence-corrected chi connectivity index (χ0v) is 15.7. The minimum atomic E-state index is 0.635. The van der Waals surface area contributed by atoms with Gasteiger partial charge >= 0.3 is 0 Å². The van der Waals surface area contributed by atoms with E-state index in [9.17, 15) is 0 Å². The molecule has 0 fully saturated rings. The Morgan fingerprint density at radius 2 is 2.12 bits per heavy atom. The topological polar surface area (TPSA) is 58.5 Å². The monoisotopic (exact) mass is 346 g/mol. The van der Waals surface area contributed by atoms with Crippen molar-refractivity contribution < 1.29 is 4.74 Å². The molecular weight excluding hydrogens is 320 g/mol. The highest BCUT2D eigenvalue weighted by Crippen LogP contribution is 2.18. The highest BCUT2D eigenvalue weighted by molar-refractivity contribution is 7.09. The lowest BCUT2D eigenvalue weighted by Crippen LogP contribution is -2.38. The van der Waals surface area contributed by atoms with Crippen LogP contribution in [0, 0.1) is 13.8 Å². The normalized spacial score (nSPS) is 11.4. The van der Waals surface area contributed by atoms with Gasteiger partial charge in [-0.05, 0) is 38.0 Å². The Morgan fingerprint density at radius 3 is 2.75 bits per heavy atom. The van der Waals surface area contributed by atoms with Crippen LogP contribution < -0.4 is 15.4 Å². The molecule has 0 aliphatic carbocycles. The van der Waals surface area contributed by atoms with Crippen molar-refractivity contribution in [3.05, 3.63) is 45.4 Å². The van der Waals surface area contributed by atoms with Crippen molar-refractivity contribution >= 4 is 17.3 Å². The molecule has 1 aromatic carbocycles. The number of thiazole rings is 1. The van der Waals surface area contributed by atoms with Crippen LogP contribution in [-0.4, -0.2) is 31.1 Å². The fourth-order valence-electron chi connectivity index (χ4n) is 2.38. The Labute approximate surface area is 148 Å². The van der Waals surface area contributed by atoms with Gasteiger partial charge in [0.15, 0.2) is 5.96 Å². The third-order valence-corrected chi connectivity index (χ3v) is 4.39. The lowest BCUT2D eigenvalue weighted by atomic mass is 10.1. The second kappa shape index (κ2) is 9.27. The van der Waals surface area contributed by atoms with Crippen LogP contribution in [0.2, 0.25) is 0 Å². The lowest BCUT2D eigenvalue weighted by Gasteiger charge is -2.11. The molecule has 0 saturated carbocycles. The van der Waals surface area contributed by atoms with Gasteiger partial charge < -0.3 is 15.4 Å². The Bertz CT molecular complexity index is 681. The fourth-order valence-corrected chi connectivity index (χ4v) is 3.03. The third kappa shape index (κ3) is 5.53. The second-order valence-electron chi connectivity index (χ2n) is 5.53. The molecule has 130 valence electrons. The molecule has 0 spiro atoms. The van der Waals surface area contributed by atoms with Gasteiger partial charge in [0.1, 0.15) is 5.75 Å². The van der Waals surface area contributed by atoms with Gasteiger partial charge in [0.05, 0.1) is 24.4 Å². The summed E-state index contributed by atoms with van der Waals surface area (Å²) in [5.41, 5.74) is 3.43. The van der Waals surface area contributed by atoms with Crippen molar-refractivity contribution in [3.63, 3.8) is 0 Å². The highest BCUT2D eigenvalue weighted by Gasteiger charge is 2.02. The van der Waals surface area contributed by atoms with E-state index in [2.05, 4.69) is 45.0 Å². The molecule has 5 nitrogen and oxygen atoms in total. The van der Waals surface area contributed by atoms with Crippen molar-refractivity contribution in [2.24, 2.45) is 4.99 Å². The first-order chi connectivity index (χ1) is 11.6. The largest absolute Gasteiger partial charge is 0.496 e. The van der Waals surface area contributed by atoms with Crippen LogP contribution in [0.5, 0.6) is 5.75 Å².